The molecule has 0 aliphatic heterocycles. The van der Waals surface area contributed by atoms with Crippen molar-refractivity contribution in [3.05, 3.63) is 0 Å². The van der Waals surface area contributed by atoms with E-state index in [0.29, 0.717) is 16.6 Å². The van der Waals surface area contributed by atoms with E-state index in [1.807, 2.05) is 21.6 Å². The number of aliphatic hydroxyl groups is 1. The fourth-order valence-corrected chi connectivity index (χ4v) is 3.06. The lowest BCUT2D eigenvalue weighted by Crippen LogP contribution is -2.14. The van der Waals surface area contributed by atoms with Crippen LogP contribution >= 0.6 is 21.6 Å². The Morgan fingerprint density at radius 2 is 1.92 bits per heavy atom. The molecule has 0 spiro atoms. The Kier molecular flexibility index (Phi) is 6.50. The molecule has 0 atom stereocenters. The Morgan fingerprint density at radius 1 is 1.33 bits per heavy atom. The fraction of sp³-hybridized carbons (Fsp3) is 1.00. The zero-order valence-corrected chi connectivity index (χ0v) is 10.1. The van der Waals surface area contributed by atoms with Gasteiger partial charge in [0.2, 0.25) is 0 Å². The van der Waals surface area contributed by atoms with Gasteiger partial charge in [0.15, 0.2) is 0 Å². The third-order valence-electron chi connectivity index (χ3n) is 1.40. The third kappa shape index (κ3) is 7.32. The normalized spacial score (nSPS) is 12.5. The number of hydrogen-bond acceptors (Lipinski definition) is 3. The van der Waals surface area contributed by atoms with Crippen LogP contribution in [-0.4, -0.2) is 21.7 Å². The molecule has 0 fully saturated rings. The van der Waals surface area contributed by atoms with Gasteiger partial charge in [-0.2, -0.15) is 0 Å². The first-order valence-electron chi connectivity index (χ1n) is 4.43. The maximum Gasteiger partial charge on any atom is 0.0431 e. The minimum atomic E-state index is 0.303. The lowest BCUT2D eigenvalue weighted by Gasteiger charge is -2.23. The van der Waals surface area contributed by atoms with Crippen LogP contribution in [0, 0.1) is 0 Å². The molecule has 0 aromatic rings. The summed E-state index contributed by atoms with van der Waals surface area (Å²) in [5, 5.41) is 9.37. The Bertz CT molecular complexity index is 113. The van der Waals surface area contributed by atoms with Crippen molar-refractivity contribution in [3.8, 4) is 0 Å². The van der Waals surface area contributed by atoms with Crippen molar-refractivity contribution < 1.29 is 5.11 Å². The van der Waals surface area contributed by atoms with Gasteiger partial charge in [-0.05, 0) is 26.7 Å². The Morgan fingerprint density at radius 3 is 2.33 bits per heavy atom. The summed E-state index contributed by atoms with van der Waals surface area (Å²) in [5.41, 5.74) is 0. The van der Waals surface area contributed by atoms with Crippen LogP contribution in [0.4, 0.5) is 0 Å². The Hall–Kier alpha value is 0.660. The first kappa shape index (κ1) is 12.7. The smallest absolute Gasteiger partial charge is 0.0431 e. The van der Waals surface area contributed by atoms with Crippen molar-refractivity contribution in [2.24, 2.45) is 0 Å². The van der Waals surface area contributed by atoms with Gasteiger partial charge in [-0.25, -0.2) is 0 Å². The van der Waals surface area contributed by atoms with Gasteiger partial charge in [0.25, 0.3) is 0 Å². The Balaban J connectivity index is 3.56. The van der Waals surface area contributed by atoms with Gasteiger partial charge in [0.1, 0.15) is 0 Å². The first-order chi connectivity index (χ1) is 5.48. The highest BCUT2D eigenvalue weighted by molar-refractivity contribution is 8.77. The van der Waals surface area contributed by atoms with Gasteiger partial charge in [0.05, 0.1) is 0 Å². The van der Waals surface area contributed by atoms with Gasteiger partial charge in [0, 0.05) is 16.6 Å². The van der Waals surface area contributed by atoms with Gasteiger partial charge < -0.3 is 5.11 Å². The quantitative estimate of drug-likeness (QED) is 0.676. The van der Waals surface area contributed by atoms with E-state index in [4.69, 9.17) is 5.11 Å². The minimum Gasteiger partial charge on any atom is -0.396 e. The second kappa shape index (κ2) is 6.17. The maximum absolute atomic E-state index is 8.69. The summed E-state index contributed by atoms with van der Waals surface area (Å²) < 4.78 is 0.303. The van der Waals surface area contributed by atoms with Crippen LogP contribution < -0.4 is 0 Å². The van der Waals surface area contributed by atoms with E-state index in [2.05, 4.69) is 27.7 Å². The lowest BCUT2D eigenvalue weighted by molar-refractivity contribution is 0.279. The van der Waals surface area contributed by atoms with E-state index in [-0.39, 0.29) is 0 Å². The van der Waals surface area contributed by atoms with E-state index in [1.54, 1.807) is 0 Å². The van der Waals surface area contributed by atoms with Gasteiger partial charge in [-0.3, -0.25) is 0 Å². The van der Waals surface area contributed by atoms with Crippen LogP contribution in [0.2, 0.25) is 0 Å². The summed E-state index contributed by atoms with van der Waals surface area (Å²) in [7, 11) is 3.86. The minimum absolute atomic E-state index is 0.303. The van der Waals surface area contributed by atoms with E-state index < -0.39 is 0 Å². The largest absolute Gasteiger partial charge is 0.396 e. The third-order valence-corrected chi connectivity index (χ3v) is 5.34. The molecule has 0 unspecified atom stereocenters. The van der Waals surface area contributed by atoms with Crippen molar-refractivity contribution in [1.29, 1.82) is 0 Å². The summed E-state index contributed by atoms with van der Waals surface area (Å²) in [5.74, 6) is 0. The molecule has 1 N–H and O–H groups in total. The number of aliphatic hydroxyl groups excluding tert-OH is 1. The molecule has 0 heterocycles. The highest BCUT2D eigenvalue weighted by Gasteiger charge is 2.18. The highest BCUT2D eigenvalue weighted by Crippen LogP contribution is 2.40. The molecular formula is C9H20OS2. The maximum atomic E-state index is 8.69. The highest BCUT2D eigenvalue weighted by atomic mass is 33.1. The summed E-state index contributed by atoms with van der Waals surface area (Å²) in [6.45, 7) is 9.21. The SMILES string of the molecule is CC(C)SSC(C)(C)CCCO. The topological polar surface area (TPSA) is 20.2 Å². The Labute approximate surface area is 84.1 Å². The predicted octanol–water partition coefficient (Wildman–Crippen LogP) is 3.33. The monoisotopic (exact) mass is 208 g/mol. The molecule has 12 heavy (non-hydrogen) atoms. The first-order valence-corrected chi connectivity index (χ1v) is 6.64. The van der Waals surface area contributed by atoms with Crippen molar-refractivity contribution >= 4 is 21.6 Å². The van der Waals surface area contributed by atoms with Crippen molar-refractivity contribution in [2.45, 2.75) is 50.5 Å². The molecule has 0 aliphatic rings. The molecule has 0 aliphatic carbocycles. The van der Waals surface area contributed by atoms with Gasteiger partial charge in [-0.15, -0.1) is 0 Å². The van der Waals surface area contributed by atoms with E-state index in [1.165, 1.54) is 0 Å². The van der Waals surface area contributed by atoms with Crippen LogP contribution in [-0.2, 0) is 0 Å². The molecule has 0 saturated heterocycles. The van der Waals surface area contributed by atoms with E-state index >= 15 is 0 Å². The van der Waals surface area contributed by atoms with Crippen molar-refractivity contribution in [1.82, 2.24) is 0 Å². The molecule has 74 valence electrons. The zero-order chi connectivity index (χ0) is 9.61. The summed E-state index contributed by atoms with van der Waals surface area (Å²) in [4.78, 5) is 0. The standard InChI is InChI=1S/C9H20OS2/c1-8(2)11-12-9(3,4)6-5-7-10/h8,10H,5-7H2,1-4H3. The predicted molar refractivity (Wildman–Crippen MR) is 60.7 cm³/mol. The van der Waals surface area contributed by atoms with Gasteiger partial charge in [-0.1, -0.05) is 35.4 Å². The molecule has 1 nitrogen and oxygen atoms in total. The van der Waals surface area contributed by atoms with Crippen molar-refractivity contribution in [3.63, 3.8) is 0 Å². The zero-order valence-electron chi connectivity index (χ0n) is 8.46. The molecule has 0 saturated carbocycles. The summed E-state index contributed by atoms with van der Waals surface area (Å²) >= 11 is 0. The van der Waals surface area contributed by atoms with E-state index in [9.17, 15) is 0 Å². The van der Waals surface area contributed by atoms with Crippen LogP contribution in [0.25, 0.3) is 0 Å². The van der Waals surface area contributed by atoms with Gasteiger partial charge >= 0.3 is 0 Å². The average molecular weight is 208 g/mol. The number of hydrogen-bond donors (Lipinski definition) is 1. The number of rotatable bonds is 6. The summed E-state index contributed by atoms with van der Waals surface area (Å²) in [6.07, 6.45) is 2.01. The van der Waals surface area contributed by atoms with E-state index in [0.717, 1.165) is 12.8 Å². The second-order valence-electron chi connectivity index (χ2n) is 3.82. The van der Waals surface area contributed by atoms with Crippen LogP contribution in [0.3, 0.4) is 0 Å². The van der Waals surface area contributed by atoms with Crippen molar-refractivity contribution in [2.75, 3.05) is 6.61 Å². The molecule has 0 bridgehead atoms. The van der Waals surface area contributed by atoms with Crippen LogP contribution in [0.1, 0.15) is 40.5 Å². The molecular weight excluding hydrogens is 188 g/mol. The van der Waals surface area contributed by atoms with Crippen LogP contribution in [0.15, 0.2) is 0 Å². The van der Waals surface area contributed by atoms with Crippen LogP contribution in [0.5, 0.6) is 0 Å². The molecule has 3 heteroatoms. The lowest BCUT2D eigenvalue weighted by atomic mass is 10.1. The molecule has 0 aromatic carbocycles. The molecule has 0 radical (unpaired) electrons. The fourth-order valence-electron chi connectivity index (χ4n) is 0.773. The summed E-state index contributed by atoms with van der Waals surface area (Å²) in [6, 6.07) is 0. The molecule has 0 aromatic heterocycles. The second-order valence-corrected chi connectivity index (χ2v) is 7.30. The molecule has 0 amide bonds. The average Bonchev–Trinajstić information content (AvgIpc) is 1.98. The molecule has 0 rings (SSSR count).